The second kappa shape index (κ2) is 5.14. The van der Waals surface area contributed by atoms with Crippen LogP contribution in [0.2, 0.25) is 0 Å². The summed E-state index contributed by atoms with van der Waals surface area (Å²) in [5.74, 6) is 0.760. The molecule has 0 N–H and O–H groups in total. The summed E-state index contributed by atoms with van der Waals surface area (Å²) < 4.78 is 1.83. The lowest BCUT2D eigenvalue weighted by Crippen LogP contribution is -2.20. The topological polar surface area (TPSA) is 37.6 Å². The van der Waals surface area contributed by atoms with Crippen molar-refractivity contribution in [2.75, 3.05) is 18.5 Å². The maximum atomic E-state index is 11.1. The van der Waals surface area contributed by atoms with Crippen molar-refractivity contribution in [1.29, 1.82) is 0 Å². The number of allylic oxidation sites excluding steroid dienone is 1. The fourth-order valence-corrected chi connectivity index (χ4v) is 2.48. The van der Waals surface area contributed by atoms with Gasteiger partial charge in [-0.3, -0.25) is 9.20 Å². The zero-order chi connectivity index (χ0) is 12.3. The van der Waals surface area contributed by atoms with Gasteiger partial charge in [0.2, 0.25) is 0 Å². The second-order valence-electron chi connectivity index (χ2n) is 3.85. The first kappa shape index (κ1) is 11.9. The number of imidazole rings is 1. The number of nitrogens with zero attached hydrogens (tertiary/aromatic N) is 3. The zero-order valence-corrected chi connectivity index (χ0v) is 10.6. The molecule has 4 nitrogen and oxygen atoms in total. The number of aromatic nitrogens is 2. The Morgan fingerprint density at radius 3 is 3.18 bits per heavy atom. The van der Waals surface area contributed by atoms with E-state index in [9.17, 15) is 4.79 Å². The average molecular weight is 249 g/mol. The van der Waals surface area contributed by atoms with Crippen molar-refractivity contribution in [3.8, 4) is 0 Å². The Morgan fingerprint density at radius 2 is 2.47 bits per heavy atom. The predicted molar refractivity (Wildman–Crippen MR) is 71.2 cm³/mol. The number of hydrogen-bond donors (Lipinski definition) is 0. The van der Waals surface area contributed by atoms with Crippen LogP contribution >= 0.6 is 11.3 Å². The van der Waals surface area contributed by atoms with E-state index >= 15 is 0 Å². The number of anilines is 1. The molecule has 0 aliphatic carbocycles. The van der Waals surface area contributed by atoms with Crippen LogP contribution in [0.4, 0.5) is 5.82 Å². The maximum absolute atomic E-state index is 11.1. The molecule has 2 heterocycles. The number of carbonyl (C=O) groups excluding carboxylic acids is 1. The van der Waals surface area contributed by atoms with E-state index in [2.05, 4.69) is 11.6 Å². The molecule has 0 amide bonds. The normalized spacial score (nSPS) is 10.6. The number of fused-ring (bicyclic) bond motifs is 1. The lowest BCUT2D eigenvalue weighted by Gasteiger charge is -2.16. The molecule has 0 saturated carbocycles. The van der Waals surface area contributed by atoms with E-state index in [1.165, 1.54) is 11.3 Å². The maximum Gasteiger partial charge on any atom is 0.196 e. The summed E-state index contributed by atoms with van der Waals surface area (Å²) in [5, 5.41) is 1.93. The number of rotatable bonds is 6. The quantitative estimate of drug-likeness (QED) is 0.448. The summed E-state index contributed by atoms with van der Waals surface area (Å²) in [4.78, 5) is 18.5. The van der Waals surface area contributed by atoms with E-state index in [1.54, 1.807) is 0 Å². The minimum absolute atomic E-state index is 0.627. The van der Waals surface area contributed by atoms with E-state index in [1.807, 2.05) is 34.0 Å². The Morgan fingerprint density at radius 1 is 1.65 bits per heavy atom. The van der Waals surface area contributed by atoms with Gasteiger partial charge < -0.3 is 4.90 Å². The fraction of sp³-hybridized carbons (Fsp3) is 0.333. The highest BCUT2D eigenvalue weighted by atomic mass is 32.1. The predicted octanol–water partition coefficient (Wildman–Crippen LogP) is 2.61. The Hall–Kier alpha value is -1.62. The van der Waals surface area contributed by atoms with Crippen molar-refractivity contribution in [2.24, 2.45) is 0 Å². The van der Waals surface area contributed by atoms with Crippen molar-refractivity contribution in [3.63, 3.8) is 0 Å². The molecule has 5 heteroatoms. The molecule has 0 radical (unpaired) electrons. The minimum Gasteiger partial charge on any atom is -0.358 e. The Kier molecular flexibility index (Phi) is 3.58. The number of unbranched alkanes of at least 4 members (excludes halogenated alkanes) is 1. The zero-order valence-electron chi connectivity index (χ0n) is 9.80. The lowest BCUT2D eigenvalue weighted by molar-refractivity contribution is 0.111. The van der Waals surface area contributed by atoms with Crippen LogP contribution in [-0.2, 0) is 0 Å². The molecule has 0 aliphatic rings. The first-order valence-electron chi connectivity index (χ1n) is 5.50. The van der Waals surface area contributed by atoms with Crippen LogP contribution in [0, 0.1) is 0 Å². The van der Waals surface area contributed by atoms with E-state index in [0.29, 0.717) is 5.69 Å². The first-order valence-corrected chi connectivity index (χ1v) is 6.38. The average Bonchev–Trinajstić information content (AvgIpc) is 2.88. The van der Waals surface area contributed by atoms with Crippen LogP contribution in [0.15, 0.2) is 24.2 Å². The molecule has 0 bridgehead atoms. The Labute approximate surface area is 104 Å². The fourth-order valence-electron chi connectivity index (χ4n) is 1.76. The van der Waals surface area contributed by atoms with E-state index < -0.39 is 0 Å². The molecule has 0 spiro atoms. The van der Waals surface area contributed by atoms with Crippen molar-refractivity contribution < 1.29 is 4.79 Å². The van der Waals surface area contributed by atoms with Gasteiger partial charge in [-0.15, -0.1) is 17.9 Å². The van der Waals surface area contributed by atoms with E-state index in [4.69, 9.17) is 0 Å². The standard InChI is InChI=1S/C12H15N3OS/c1-3-4-5-6-14(2)11-10(9-16)15-7-8-17-12(15)13-11/h3,7-9H,1,4-6H2,2H3. The highest BCUT2D eigenvalue weighted by molar-refractivity contribution is 7.15. The summed E-state index contributed by atoms with van der Waals surface area (Å²) in [5.41, 5.74) is 0.627. The number of carbonyl (C=O) groups is 1. The summed E-state index contributed by atoms with van der Waals surface area (Å²) in [7, 11) is 1.96. The SMILES string of the molecule is C=CCCCN(C)c1nc2sccn2c1C=O. The van der Waals surface area contributed by atoms with Crippen LogP contribution in [-0.4, -0.2) is 29.3 Å². The van der Waals surface area contributed by atoms with Crippen LogP contribution in [0.1, 0.15) is 23.3 Å². The molecule has 2 aromatic heterocycles. The molecule has 0 aromatic carbocycles. The van der Waals surface area contributed by atoms with Crippen molar-refractivity contribution in [3.05, 3.63) is 29.9 Å². The largest absolute Gasteiger partial charge is 0.358 e. The summed E-state index contributed by atoms with van der Waals surface area (Å²) >= 11 is 1.53. The first-order chi connectivity index (χ1) is 8.27. The highest BCUT2D eigenvalue weighted by Gasteiger charge is 2.15. The van der Waals surface area contributed by atoms with Gasteiger partial charge in [-0.1, -0.05) is 6.08 Å². The Balaban J connectivity index is 2.24. The summed E-state index contributed by atoms with van der Waals surface area (Å²) in [6.07, 6.45) is 6.64. The molecular formula is C12H15N3OS. The van der Waals surface area contributed by atoms with Crippen molar-refractivity contribution in [1.82, 2.24) is 9.38 Å². The molecule has 17 heavy (non-hydrogen) atoms. The van der Waals surface area contributed by atoms with Gasteiger partial charge in [0.25, 0.3) is 0 Å². The smallest absolute Gasteiger partial charge is 0.196 e. The third-order valence-corrected chi connectivity index (χ3v) is 3.41. The molecule has 0 saturated heterocycles. The number of aldehydes is 1. The molecule has 2 rings (SSSR count). The Bertz CT molecular complexity index is 529. The van der Waals surface area contributed by atoms with Crippen LogP contribution < -0.4 is 4.90 Å². The summed E-state index contributed by atoms with van der Waals surface area (Å²) in [6.45, 7) is 4.57. The molecule has 0 fully saturated rings. The van der Waals surface area contributed by atoms with Gasteiger partial charge in [0.1, 0.15) is 5.69 Å². The van der Waals surface area contributed by atoms with Gasteiger partial charge in [-0.2, -0.15) is 0 Å². The lowest BCUT2D eigenvalue weighted by atomic mass is 10.3. The number of thiazole rings is 1. The van der Waals surface area contributed by atoms with Crippen LogP contribution in [0.3, 0.4) is 0 Å². The summed E-state index contributed by atoms with van der Waals surface area (Å²) in [6, 6.07) is 0. The van der Waals surface area contributed by atoms with E-state index in [0.717, 1.165) is 36.5 Å². The monoisotopic (exact) mass is 249 g/mol. The van der Waals surface area contributed by atoms with Gasteiger partial charge >= 0.3 is 0 Å². The van der Waals surface area contributed by atoms with Crippen LogP contribution in [0.25, 0.3) is 4.96 Å². The van der Waals surface area contributed by atoms with Crippen LogP contribution in [0.5, 0.6) is 0 Å². The van der Waals surface area contributed by atoms with Gasteiger partial charge in [0.15, 0.2) is 17.1 Å². The second-order valence-corrected chi connectivity index (χ2v) is 4.72. The minimum atomic E-state index is 0.627. The van der Waals surface area contributed by atoms with Crippen molar-refractivity contribution >= 4 is 28.4 Å². The number of hydrogen-bond acceptors (Lipinski definition) is 4. The van der Waals surface area contributed by atoms with Gasteiger partial charge in [-0.25, -0.2) is 4.98 Å². The van der Waals surface area contributed by atoms with Gasteiger partial charge in [0, 0.05) is 25.2 Å². The van der Waals surface area contributed by atoms with Gasteiger partial charge in [0.05, 0.1) is 0 Å². The van der Waals surface area contributed by atoms with E-state index in [-0.39, 0.29) is 0 Å². The molecule has 0 unspecified atom stereocenters. The third-order valence-electron chi connectivity index (χ3n) is 2.65. The molecule has 0 aliphatic heterocycles. The van der Waals surface area contributed by atoms with Gasteiger partial charge in [-0.05, 0) is 12.8 Å². The molecule has 90 valence electrons. The van der Waals surface area contributed by atoms with Crippen molar-refractivity contribution in [2.45, 2.75) is 12.8 Å². The molecule has 0 atom stereocenters. The molecule has 2 aromatic rings. The third kappa shape index (κ3) is 2.24. The molecular weight excluding hydrogens is 234 g/mol. The highest BCUT2D eigenvalue weighted by Crippen LogP contribution is 2.22.